The Morgan fingerprint density at radius 1 is 0.957 bits per heavy atom. The minimum atomic E-state index is 0.227. The minimum absolute atomic E-state index is 0.227. The molecule has 0 radical (unpaired) electrons. The number of hydrogen-bond acceptors (Lipinski definition) is 1. The zero-order valence-corrected chi connectivity index (χ0v) is 13.1. The van der Waals surface area contributed by atoms with Crippen LogP contribution in [0, 0.1) is 0 Å². The van der Waals surface area contributed by atoms with Crippen LogP contribution >= 0.6 is 0 Å². The third-order valence-electron chi connectivity index (χ3n) is 4.72. The van der Waals surface area contributed by atoms with E-state index in [9.17, 15) is 4.79 Å². The van der Waals surface area contributed by atoms with Crippen LogP contribution in [0.4, 0.5) is 0 Å². The maximum Gasteiger partial charge on any atom is 0.227 e. The lowest BCUT2D eigenvalue weighted by molar-refractivity contribution is -0.130. The molecule has 3 heteroatoms. The molecule has 0 aliphatic carbocycles. The third kappa shape index (κ3) is 2.74. The number of aromatic nitrogens is 1. The highest BCUT2D eigenvalue weighted by Gasteiger charge is 2.21. The van der Waals surface area contributed by atoms with Gasteiger partial charge in [0.25, 0.3) is 0 Å². The molecule has 0 atom stereocenters. The Morgan fingerprint density at radius 3 is 2.57 bits per heavy atom. The van der Waals surface area contributed by atoms with Gasteiger partial charge in [-0.05, 0) is 23.6 Å². The van der Waals surface area contributed by atoms with Gasteiger partial charge in [-0.3, -0.25) is 4.79 Å². The second kappa shape index (κ2) is 5.92. The number of nitrogens with zero attached hydrogens (tertiary/aromatic N) is 1. The highest BCUT2D eigenvalue weighted by Crippen LogP contribution is 2.25. The first-order valence-corrected chi connectivity index (χ1v) is 8.21. The Kier molecular flexibility index (Phi) is 3.62. The van der Waals surface area contributed by atoms with Crippen LogP contribution in [0.3, 0.4) is 0 Å². The monoisotopic (exact) mass is 304 g/mol. The van der Waals surface area contributed by atoms with Crippen molar-refractivity contribution in [1.82, 2.24) is 9.88 Å². The lowest BCUT2D eigenvalue weighted by atomic mass is 10.1. The number of nitrogens with one attached hydrogen (secondary N) is 1. The molecule has 1 aromatic heterocycles. The van der Waals surface area contributed by atoms with Gasteiger partial charge in [0.1, 0.15) is 0 Å². The number of rotatable bonds is 2. The first-order chi connectivity index (χ1) is 11.3. The van der Waals surface area contributed by atoms with E-state index in [1.807, 2.05) is 35.2 Å². The van der Waals surface area contributed by atoms with Gasteiger partial charge in [-0.25, -0.2) is 0 Å². The van der Waals surface area contributed by atoms with Crippen molar-refractivity contribution >= 4 is 16.8 Å². The molecule has 4 rings (SSSR count). The van der Waals surface area contributed by atoms with Gasteiger partial charge < -0.3 is 9.88 Å². The van der Waals surface area contributed by atoms with E-state index in [-0.39, 0.29) is 5.91 Å². The summed E-state index contributed by atoms with van der Waals surface area (Å²) in [6.45, 7) is 1.60. The van der Waals surface area contributed by atoms with Crippen LogP contribution in [0.5, 0.6) is 0 Å². The molecule has 0 bridgehead atoms. The van der Waals surface area contributed by atoms with Gasteiger partial charge in [0, 0.05) is 36.1 Å². The van der Waals surface area contributed by atoms with Gasteiger partial charge in [-0.1, -0.05) is 48.5 Å². The Labute approximate surface area is 135 Å². The van der Waals surface area contributed by atoms with Gasteiger partial charge >= 0.3 is 0 Å². The number of benzene rings is 2. The van der Waals surface area contributed by atoms with E-state index in [1.54, 1.807) is 0 Å². The number of fused-ring (bicyclic) bond motifs is 3. The van der Waals surface area contributed by atoms with Crippen molar-refractivity contribution in [1.29, 1.82) is 0 Å². The topological polar surface area (TPSA) is 36.1 Å². The lowest BCUT2D eigenvalue weighted by Crippen LogP contribution is -2.34. The molecule has 0 saturated carbocycles. The van der Waals surface area contributed by atoms with Gasteiger partial charge in [-0.15, -0.1) is 0 Å². The summed E-state index contributed by atoms with van der Waals surface area (Å²) in [4.78, 5) is 18.1. The maximum atomic E-state index is 12.6. The lowest BCUT2D eigenvalue weighted by Gasteiger charge is -2.20. The molecule has 2 aromatic carbocycles. The van der Waals surface area contributed by atoms with Crippen LogP contribution in [0.25, 0.3) is 10.9 Å². The Balaban J connectivity index is 1.51. The number of H-pyrrole nitrogens is 1. The summed E-state index contributed by atoms with van der Waals surface area (Å²) in [5, 5.41) is 1.31. The Morgan fingerprint density at radius 2 is 1.70 bits per heavy atom. The molecule has 0 fully saturated rings. The predicted octanol–water partition coefficient (Wildman–Crippen LogP) is 3.34. The van der Waals surface area contributed by atoms with Crippen molar-refractivity contribution in [2.45, 2.75) is 19.3 Å². The number of aromatic amines is 1. The molecule has 1 aliphatic rings. The average molecular weight is 304 g/mol. The second-order valence-electron chi connectivity index (χ2n) is 6.17. The van der Waals surface area contributed by atoms with E-state index in [4.69, 9.17) is 0 Å². The van der Waals surface area contributed by atoms with Gasteiger partial charge in [0.05, 0.1) is 6.42 Å². The van der Waals surface area contributed by atoms with Crippen LogP contribution in [-0.2, 0) is 24.1 Å². The zero-order valence-electron chi connectivity index (χ0n) is 13.1. The zero-order chi connectivity index (χ0) is 15.6. The number of para-hydroxylation sites is 1. The molecule has 3 nitrogen and oxygen atoms in total. The van der Waals surface area contributed by atoms with E-state index < -0.39 is 0 Å². The summed E-state index contributed by atoms with van der Waals surface area (Å²) < 4.78 is 0. The highest BCUT2D eigenvalue weighted by atomic mass is 16.2. The highest BCUT2D eigenvalue weighted by molar-refractivity contribution is 5.85. The van der Waals surface area contributed by atoms with E-state index in [1.165, 1.54) is 22.2 Å². The molecule has 2 heterocycles. The summed E-state index contributed by atoms with van der Waals surface area (Å²) in [7, 11) is 0. The summed E-state index contributed by atoms with van der Waals surface area (Å²) >= 11 is 0. The van der Waals surface area contributed by atoms with E-state index >= 15 is 0 Å². The van der Waals surface area contributed by atoms with Crippen molar-refractivity contribution in [3.05, 3.63) is 71.4 Å². The number of amides is 1. The normalized spacial score (nSPS) is 14.5. The molecular weight excluding hydrogens is 284 g/mol. The average Bonchev–Trinajstić information content (AvgIpc) is 2.80. The SMILES string of the molecule is O=C(Cc1ccccc1)N1CCc2[nH]c3ccccc3c2CC1. The fraction of sp³-hybridized carbons (Fsp3) is 0.250. The van der Waals surface area contributed by atoms with Crippen molar-refractivity contribution in [2.24, 2.45) is 0 Å². The molecule has 23 heavy (non-hydrogen) atoms. The Bertz CT molecular complexity index is 835. The molecule has 1 N–H and O–H groups in total. The van der Waals surface area contributed by atoms with E-state index in [2.05, 4.69) is 29.2 Å². The Hall–Kier alpha value is -2.55. The second-order valence-corrected chi connectivity index (χ2v) is 6.17. The van der Waals surface area contributed by atoms with Crippen LogP contribution in [0.2, 0.25) is 0 Å². The van der Waals surface area contributed by atoms with Gasteiger partial charge in [-0.2, -0.15) is 0 Å². The molecule has 1 amide bonds. The van der Waals surface area contributed by atoms with Crippen LogP contribution in [0.1, 0.15) is 16.8 Å². The van der Waals surface area contributed by atoms with Gasteiger partial charge in [0.15, 0.2) is 0 Å². The summed E-state index contributed by atoms with van der Waals surface area (Å²) in [5.74, 6) is 0.227. The summed E-state index contributed by atoms with van der Waals surface area (Å²) in [5.41, 5.74) is 4.98. The predicted molar refractivity (Wildman–Crippen MR) is 92.4 cm³/mol. The summed E-state index contributed by atoms with van der Waals surface area (Å²) in [6.07, 6.45) is 2.33. The molecule has 0 unspecified atom stereocenters. The molecular formula is C20H20N2O. The van der Waals surface area contributed by atoms with E-state index in [0.717, 1.165) is 31.5 Å². The molecule has 0 spiro atoms. The standard InChI is InChI=1S/C20H20N2O/c23-20(14-15-6-2-1-3-7-15)22-12-10-17-16-8-4-5-9-18(16)21-19(17)11-13-22/h1-9,21H,10-14H2. The molecule has 3 aromatic rings. The fourth-order valence-corrected chi connectivity index (χ4v) is 3.49. The smallest absolute Gasteiger partial charge is 0.227 e. The van der Waals surface area contributed by atoms with Crippen LogP contribution < -0.4 is 0 Å². The number of carbonyl (C=O) groups excluding carboxylic acids is 1. The largest absolute Gasteiger partial charge is 0.358 e. The minimum Gasteiger partial charge on any atom is -0.358 e. The first kappa shape index (κ1) is 14.1. The summed E-state index contributed by atoms with van der Waals surface area (Å²) in [6, 6.07) is 18.4. The fourth-order valence-electron chi connectivity index (χ4n) is 3.49. The van der Waals surface area contributed by atoms with E-state index in [0.29, 0.717) is 6.42 Å². The number of hydrogen-bond donors (Lipinski definition) is 1. The van der Waals surface area contributed by atoms with Gasteiger partial charge in [0.2, 0.25) is 5.91 Å². The van der Waals surface area contributed by atoms with Crippen molar-refractivity contribution < 1.29 is 4.79 Å². The van der Waals surface area contributed by atoms with Crippen molar-refractivity contribution in [3.63, 3.8) is 0 Å². The van der Waals surface area contributed by atoms with Crippen molar-refractivity contribution in [2.75, 3.05) is 13.1 Å². The quantitative estimate of drug-likeness (QED) is 0.774. The molecule has 1 aliphatic heterocycles. The number of carbonyl (C=O) groups is 1. The maximum absolute atomic E-state index is 12.6. The first-order valence-electron chi connectivity index (χ1n) is 8.21. The van der Waals surface area contributed by atoms with Crippen LogP contribution in [-0.4, -0.2) is 28.9 Å². The molecule has 0 saturated heterocycles. The van der Waals surface area contributed by atoms with Crippen molar-refractivity contribution in [3.8, 4) is 0 Å². The van der Waals surface area contributed by atoms with Crippen LogP contribution in [0.15, 0.2) is 54.6 Å². The third-order valence-corrected chi connectivity index (χ3v) is 4.72. The molecule has 116 valence electrons.